The van der Waals surface area contributed by atoms with E-state index in [9.17, 15) is 4.39 Å². The van der Waals surface area contributed by atoms with Crippen molar-refractivity contribution in [1.82, 2.24) is 0 Å². The van der Waals surface area contributed by atoms with Crippen LogP contribution in [-0.2, 0) is 10.2 Å². The molecule has 0 fully saturated rings. The van der Waals surface area contributed by atoms with Crippen molar-refractivity contribution in [2.75, 3.05) is 13.9 Å². The molecule has 0 aliphatic rings. The lowest BCUT2D eigenvalue weighted by Gasteiger charge is -2.32. The number of halogens is 2. The monoisotopic (exact) mass is 358 g/mol. The molecule has 0 aromatic heterocycles. The van der Waals surface area contributed by atoms with E-state index in [1.165, 1.54) is 6.07 Å². The Hall–Kier alpha value is -0.870. The third-order valence-corrected chi connectivity index (χ3v) is 4.06. The first kappa shape index (κ1) is 18.2. The van der Waals surface area contributed by atoms with Crippen LogP contribution >= 0.6 is 15.9 Å². The van der Waals surface area contributed by atoms with Gasteiger partial charge in [0.05, 0.1) is 4.47 Å². The van der Waals surface area contributed by atoms with Crippen molar-refractivity contribution in [2.45, 2.75) is 45.4 Å². The van der Waals surface area contributed by atoms with Gasteiger partial charge >= 0.3 is 0 Å². The molecule has 2 nitrogen and oxygen atoms in total. The highest BCUT2D eigenvalue weighted by molar-refractivity contribution is 9.10. The van der Waals surface area contributed by atoms with Crippen LogP contribution in [0.2, 0.25) is 0 Å². The molecule has 0 heterocycles. The third kappa shape index (κ3) is 4.82. The summed E-state index contributed by atoms with van der Waals surface area (Å²) in [6, 6.07) is 2.98. The summed E-state index contributed by atoms with van der Waals surface area (Å²) in [5.74, 6) is 0.376. The fraction of sp³-hybridized carbons (Fsp3) is 0.529. The molecule has 1 rings (SSSR count). The second kappa shape index (κ2) is 7.95. The van der Waals surface area contributed by atoms with Gasteiger partial charge in [-0.15, -0.1) is 6.58 Å². The molecule has 0 aliphatic heterocycles. The maximum Gasteiger partial charge on any atom is 0.188 e. The Kier molecular flexibility index (Phi) is 6.88. The van der Waals surface area contributed by atoms with Crippen molar-refractivity contribution in [3.63, 3.8) is 0 Å². The molecular weight excluding hydrogens is 335 g/mol. The average Bonchev–Trinajstić information content (AvgIpc) is 2.36. The van der Waals surface area contributed by atoms with Crippen molar-refractivity contribution in [3.05, 3.63) is 40.1 Å². The molecule has 0 bridgehead atoms. The second-order valence-electron chi connectivity index (χ2n) is 5.76. The standard InChI is InChI=1S/C17H24BrFO2/c1-6-7-17(4,10-12(2)3)14-8-13(19)9-15(18)16(14)21-11-20-5/h8-9H,2,6-7,10-11H2,1,3-5H3. The Bertz CT molecular complexity index is 502. The zero-order chi connectivity index (χ0) is 16.0. The molecule has 21 heavy (non-hydrogen) atoms. The first-order valence-corrected chi connectivity index (χ1v) is 7.89. The fourth-order valence-corrected chi connectivity index (χ4v) is 3.36. The van der Waals surface area contributed by atoms with Crippen LogP contribution in [0, 0.1) is 5.82 Å². The number of hydrogen-bond acceptors (Lipinski definition) is 2. The quantitative estimate of drug-likeness (QED) is 0.445. The Labute approximate surface area is 135 Å². The van der Waals surface area contributed by atoms with E-state index >= 15 is 0 Å². The van der Waals surface area contributed by atoms with Crippen molar-refractivity contribution >= 4 is 15.9 Å². The molecule has 1 aromatic carbocycles. The predicted octanol–water partition coefficient (Wildman–Crippen LogP) is 5.59. The highest BCUT2D eigenvalue weighted by Gasteiger charge is 2.31. The minimum Gasteiger partial charge on any atom is -0.466 e. The van der Waals surface area contributed by atoms with Gasteiger partial charge in [0.25, 0.3) is 0 Å². The van der Waals surface area contributed by atoms with Gasteiger partial charge in [-0.3, -0.25) is 0 Å². The summed E-state index contributed by atoms with van der Waals surface area (Å²) in [6.45, 7) is 10.4. The summed E-state index contributed by atoms with van der Waals surface area (Å²) in [6.07, 6.45) is 2.72. The maximum absolute atomic E-state index is 13.9. The van der Waals surface area contributed by atoms with E-state index in [-0.39, 0.29) is 18.0 Å². The highest BCUT2D eigenvalue weighted by Crippen LogP contribution is 2.43. The van der Waals surface area contributed by atoms with Crippen LogP contribution in [0.4, 0.5) is 4.39 Å². The molecule has 1 atom stereocenters. The summed E-state index contributed by atoms with van der Waals surface area (Å²) in [5, 5.41) is 0. The lowest BCUT2D eigenvalue weighted by atomic mass is 9.74. The zero-order valence-corrected chi connectivity index (χ0v) is 14.8. The van der Waals surface area contributed by atoms with Crippen LogP contribution in [0.25, 0.3) is 0 Å². The lowest BCUT2D eigenvalue weighted by Crippen LogP contribution is -2.24. The fourth-order valence-electron chi connectivity index (χ4n) is 2.81. The summed E-state index contributed by atoms with van der Waals surface area (Å²) in [7, 11) is 1.57. The third-order valence-electron chi connectivity index (χ3n) is 3.47. The van der Waals surface area contributed by atoms with Crippen molar-refractivity contribution in [1.29, 1.82) is 0 Å². The largest absolute Gasteiger partial charge is 0.466 e. The normalized spacial score (nSPS) is 13.8. The number of benzene rings is 1. The highest BCUT2D eigenvalue weighted by atomic mass is 79.9. The maximum atomic E-state index is 13.9. The Morgan fingerprint density at radius 1 is 1.43 bits per heavy atom. The number of ether oxygens (including phenoxy) is 2. The first-order chi connectivity index (χ1) is 9.84. The van der Waals surface area contributed by atoms with Crippen LogP contribution in [0.15, 0.2) is 28.8 Å². The summed E-state index contributed by atoms with van der Waals surface area (Å²) >= 11 is 3.39. The molecule has 118 valence electrons. The van der Waals surface area contributed by atoms with Crippen LogP contribution in [-0.4, -0.2) is 13.9 Å². The number of methoxy groups -OCH3 is 1. The molecule has 4 heteroatoms. The van der Waals surface area contributed by atoms with Gasteiger partial charge in [0.2, 0.25) is 0 Å². The number of hydrogen-bond donors (Lipinski definition) is 0. The summed E-state index contributed by atoms with van der Waals surface area (Å²) in [4.78, 5) is 0. The van der Waals surface area contributed by atoms with Gasteiger partial charge in [-0.25, -0.2) is 4.39 Å². The van der Waals surface area contributed by atoms with Crippen LogP contribution < -0.4 is 4.74 Å². The SMILES string of the molecule is C=C(C)CC(C)(CCC)c1cc(F)cc(Br)c1OCOC. The Morgan fingerprint density at radius 2 is 2.10 bits per heavy atom. The summed E-state index contributed by atoms with van der Waals surface area (Å²) < 4.78 is 25.2. The van der Waals surface area contributed by atoms with E-state index in [4.69, 9.17) is 9.47 Å². The van der Waals surface area contributed by atoms with Gasteiger partial charge in [0, 0.05) is 12.7 Å². The smallest absolute Gasteiger partial charge is 0.188 e. The predicted molar refractivity (Wildman–Crippen MR) is 88.3 cm³/mol. The lowest BCUT2D eigenvalue weighted by molar-refractivity contribution is 0.0488. The van der Waals surface area contributed by atoms with Crippen LogP contribution in [0.3, 0.4) is 0 Å². The van der Waals surface area contributed by atoms with E-state index < -0.39 is 0 Å². The van der Waals surface area contributed by atoms with E-state index in [0.29, 0.717) is 10.2 Å². The van der Waals surface area contributed by atoms with Gasteiger partial charge in [-0.05, 0) is 53.2 Å². The molecular formula is C17H24BrFO2. The van der Waals surface area contributed by atoms with Crippen LogP contribution in [0.1, 0.15) is 45.6 Å². The Morgan fingerprint density at radius 3 is 2.62 bits per heavy atom. The van der Waals surface area contributed by atoms with Crippen molar-refractivity contribution in [2.24, 2.45) is 0 Å². The van der Waals surface area contributed by atoms with Gasteiger partial charge in [0.15, 0.2) is 6.79 Å². The average molecular weight is 359 g/mol. The Balaban J connectivity index is 3.36. The molecule has 0 radical (unpaired) electrons. The van der Waals surface area contributed by atoms with Crippen molar-refractivity contribution in [3.8, 4) is 5.75 Å². The molecule has 0 N–H and O–H groups in total. The van der Waals surface area contributed by atoms with Gasteiger partial charge in [-0.2, -0.15) is 0 Å². The van der Waals surface area contributed by atoms with E-state index in [1.54, 1.807) is 13.2 Å². The molecule has 0 spiro atoms. The molecule has 1 aromatic rings. The van der Waals surface area contributed by atoms with E-state index in [0.717, 1.165) is 30.4 Å². The minimum absolute atomic E-state index is 0.131. The van der Waals surface area contributed by atoms with Crippen molar-refractivity contribution < 1.29 is 13.9 Å². The zero-order valence-electron chi connectivity index (χ0n) is 13.3. The van der Waals surface area contributed by atoms with Crippen LogP contribution in [0.5, 0.6) is 5.75 Å². The first-order valence-electron chi connectivity index (χ1n) is 7.09. The van der Waals surface area contributed by atoms with Gasteiger partial charge in [0.1, 0.15) is 11.6 Å². The number of allylic oxidation sites excluding steroid dienone is 1. The molecule has 1 unspecified atom stereocenters. The molecule has 0 saturated carbocycles. The molecule has 0 amide bonds. The van der Waals surface area contributed by atoms with E-state index in [1.807, 2.05) is 6.92 Å². The molecule has 0 saturated heterocycles. The van der Waals surface area contributed by atoms with Gasteiger partial charge in [-0.1, -0.05) is 25.8 Å². The topological polar surface area (TPSA) is 18.5 Å². The van der Waals surface area contributed by atoms with Gasteiger partial charge < -0.3 is 9.47 Å². The molecule has 0 aliphatic carbocycles. The summed E-state index contributed by atoms with van der Waals surface area (Å²) in [5.41, 5.74) is 1.72. The minimum atomic E-state index is -0.273. The number of rotatable bonds is 8. The second-order valence-corrected chi connectivity index (χ2v) is 6.61. The van der Waals surface area contributed by atoms with E-state index in [2.05, 4.69) is 36.4 Å².